The van der Waals surface area contributed by atoms with Crippen molar-refractivity contribution < 1.29 is 22.7 Å². The van der Waals surface area contributed by atoms with Gasteiger partial charge >= 0.3 is 0 Å². The predicted octanol–water partition coefficient (Wildman–Crippen LogP) is 4.25. The van der Waals surface area contributed by atoms with Crippen LogP contribution in [0.4, 0.5) is 5.69 Å². The van der Waals surface area contributed by atoms with Gasteiger partial charge in [0.2, 0.25) is 0 Å². The zero-order chi connectivity index (χ0) is 27.3. The second kappa shape index (κ2) is 12.0. The van der Waals surface area contributed by atoms with E-state index in [-0.39, 0.29) is 40.1 Å². The van der Waals surface area contributed by atoms with Crippen molar-refractivity contribution in [2.45, 2.75) is 30.9 Å². The third kappa shape index (κ3) is 6.53. The van der Waals surface area contributed by atoms with Crippen LogP contribution in [-0.2, 0) is 14.8 Å². The first-order valence-electron chi connectivity index (χ1n) is 12.6. The third-order valence-corrected chi connectivity index (χ3v) is 8.15. The number of ether oxygens (including phenoxy) is 2. The van der Waals surface area contributed by atoms with Crippen LogP contribution in [-0.4, -0.2) is 65.2 Å². The Morgan fingerprint density at radius 3 is 2.37 bits per heavy atom. The van der Waals surface area contributed by atoms with Gasteiger partial charge in [-0.25, -0.2) is 8.42 Å². The Hall–Kier alpha value is -3.40. The minimum absolute atomic E-state index is 0.0482. The molecule has 0 unspecified atom stereocenters. The summed E-state index contributed by atoms with van der Waals surface area (Å²) in [6.07, 6.45) is -0.159. The second-order valence-electron chi connectivity index (χ2n) is 9.76. The van der Waals surface area contributed by atoms with Crippen molar-refractivity contribution in [3.05, 3.63) is 78.4 Å². The number of carbonyl (C=O) groups excluding carboxylic acids is 1. The summed E-state index contributed by atoms with van der Waals surface area (Å²) in [6, 6.07) is 21.2. The van der Waals surface area contributed by atoms with E-state index in [1.54, 1.807) is 55.5 Å². The van der Waals surface area contributed by atoms with E-state index in [1.165, 1.54) is 6.07 Å². The molecule has 4 rings (SSSR count). The van der Waals surface area contributed by atoms with E-state index in [2.05, 4.69) is 17.0 Å². The molecular weight excluding hydrogens is 502 g/mol. The van der Waals surface area contributed by atoms with E-state index in [0.29, 0.717) is 18.9 Å². The molecule has 1 aliphatic heterocycles. The molecule has 3 atom stereocenters. The largest absolute Gasteiger partial charge is 0.491 e. The molecule has 0 saturated heterocycles. The Bertz CT molecular complexity index is 1350. The van der Waals surface area contributed by atoms with Crippen molar-refractivity contribution in [3.8, 4) is 16.9 Å². The number of carbonyl (C=O) groups is 1. The number of hydrogen-bond acceptors (Lipinski definition) is 6. The van der Waals surface area contributed by atoms with Gasteiger partial charge in [-0.2, -0.15) is 0 Å². The Kier molecular flexibility index (Phi) is 8.71. The van der Waals surface area contributed by atoms with Crippen LogP contribution in [0.15, 0.2) is 77.7 Å². The molecule has 0 bridgehead atoms. The maximum absolute atomic E-state index is 13.5. The third-order valence-electron chi connectivity index (χ3n) is 6.75. The summed E-state index contributed by atoms with van der Waals surface area (Å²) in [5.74, 6) is 0.292. The molecule has 0 fully saturated rings. The lowest BCUT2D eigenvalue weighted by Gasteiger charge is -2.30. The fourth-order valence-electron chi connectivity index (χ4n) is 4.40. The predicted molar refractivity (Wildman–Crippen MR) is 149 cm³/mol. The van der Waals surface area contributed by atoms with Crippen LogP contribution < -0.4 is 14.8 Å². The van der Waals surface area contributed by atoms with Crippen LogP contribution in [0.25, 0.3) is 11.1 Å². The number of fused-ring (bicyclic) bond motifs is 1. The molecular formula is C29H35N3O5S. The first kappa shape index (κ1) is 27.6. The van der Waals surface area contributed by atoms with Crippen molar-refractivity contribution in [3.63, 3.8) is 0 Å². The average molecular weight is 538 g/mol. The number of likely N-dealkylation sites (N-methyl/N-ethyl adjacent to an activating group) is 1. The van der Waals surface area contributed by atoms with Crippen molar-refractivity contribution in [1.82, 2.24) is 10.2 Å². The van der Waals surface area contributed by atoms with Gasteiger partial charge in [-0.3, -0.25) is 9.52 Å². The highest BCUT2D eigenvalue weighted by molar-refractivity contribution is 7.92. The number of nitrogens with one attached hydrogen (secondary N) is 2. The van der Waals surface area contributed by atoms with E-state index in [9.17, 15) is 13.2 Å². The quantitative estimate of drug-likeness (QED) is 0.505. The van der Waals surface area contributed by atoms with Gasteiger partial charge in [-0.05, 0) is 54.3 Å². The van der Waals surface area contributed by atoms with E-state index >= 15 is 0 Å². The highest BCUT2D eigenvalue weighted by Crippen LogP contribution is 2.28. The normalized spacial score (nSPS) is 21.0. The summed E-state index contributed by atoms with van der Waals surface area (Å²) in [4.78, 5) is 15.2. The van der Waals surface area contributed by atoms with Gasteiger partial charge in [0, 0.05) is 39.0 Å². The molecule has 3 aromatic rings. The summed E-state index contributed by atoms with van der Waals surface area (Å²) in [5.41, 5.74) is 2.47. The number of benzene rings is 3. The van der Waals surface area contributed by atoms with Gasteiger partial charge in [0.15, 0.2) is 0 Å². The van der Waals surface area contributed by atoms with Gasteiger partial charge in [-0.15, -0.1) is 0 Å². The summed E-state index contributed by atoms with van der Waals surface area (Å²) < 4.78 is 40.6. The zero-order valence-corrected chi connectivity index (χ0v) is 23.0. The van der Waals surface area contributed by atoms with Gasteiger partial charge in [0.25, 0.3) is 15.9 Å². The number of rotatable bonds is 5. The van der Waals surface area contributed by atoms with Gasteiger partial charge in [0.1, 0.15) is 12.4 Å². The summed E-state index contributed by atoms with van der Waals surface area (Å²) in [7, 11) is -0.534. The Morgan fingerprint density at radius 2 is 1.68 bits per heavy atom. The lowest BCUT2D eigenvalue weighted by molar-refractivity contribution is 0.0281. The Labute approximate surface area is 225 Å². The van der Waals surface area contributed by atoms with Gasteiger partial charge in [-0.1, -0.05) is 49.4 Å². The molecule has 0 radical (unpaired) electrons. The van der Waals surface area contributed by atoms with Crippen LogP contribution in [0.5, 0.6) is 5.75 Å². The fraction of sp³-hybridized carbons (Fsp3) is 0.345. The molecule has 8 nitrogen and oxygen atoms in total. The maximum atomic E-state index is 13.5. The van der Waals surface area contributed by atoms with E-state index < -0.39 is 10.0 Å². The molecule has 0 aromatic heterocycles. The smallest absolute Gasteiger partial charge is 0.261 e. The van der Waals surface area contributed by atoms with Gasteiger partial charge < -0.3 is 19.7 Å². The average Bonchev–Trinajstić information content (AvgIpc) is 2.93. The molecule has 0 spiro atoms. The number of anilines is 1. The first-order valence-corrected chi connectivity index (χ1v) is 14.1. The standard InChI is InChI=1S/C29H35N3O5S/c1-20-17-30-21(2)19-37-27-15-12-24(16-26(27)29(33)32(3)18-28(20)36-4)31-38(34,35)25-13-10-23(11-14-25)22-8-6-5-7-9-22/h5-16,20-21,28,30-31H,17-19H2,1-4H3/t20-,21-,28+/m1/s1. The van der Waals surface area contributed by atoms with Crippen LogP contribution >= 0.6 is 0 Å². The van der Waals surface area contributed by atoms with Crippen molar-refractivity contribution in [2.75, 3.05) is 38.6 Å². The molecule has 38 heavy (non-hydrogen) atoms. The molecule has 0 saturated carbocycles. The van der Waals surface area contributed by atoms with E-state index in [1.807, 2.05) is 37.3 Å². The SMILES string of the molecule is CO[C@H]1CN(C)C(=O)c2cc(NS(=O)(=O)c3ccc(-c4ccccc4)cc3)ccc2OC[C@@H](C)NC[C@H]1C. The lowest BCUT2D eigenvalue weighted by Crippen LogP contribution is -2.44. The minimum atomic E-state index is -3.88. The van der Waals surface area contributed by atoms with E-state index in [0.717, 1.165) is 17.7 Å². The molecule has 3 aromatic carbocycles. The van der Waals surface area contributed by atoms with Crippen molar-refractivity contribution in [2.24, 2.45) is 5.92 Å². The highest BCUT2D eigenvalue weighted by atomic mass is 32.2. The maximum Gasteiger partial charge on any atom is 0.261 e. The number of sulfonamides is 1. The monoisotopic (exact) mass is 537 g/mol. The van der Waals surface area contributed by atoms with Crippen LogP contribution in [0.2, 0.25) is 0 Å². The van der Waals surface area contributed by atoms with Crippen molar-refractivity contribution >= 4 is 21.6 Å². The highest BCUT2D eigenvalue weighted by Gasteiger charge is 2.26. The minimum Gasteiger partial charge on any atom is -0.491 e. The van der Waals surface area contributed by atoms with Gasteiger partial charge in [0.05, 0.1) is 16.6 Å². The first-order chi connectivity index (χ1) is 18.2. The summed E-state index contributed by atoms with van der Waals surface area (Å²) >= 11 is 0. The number of hydrogen-bond donors (Lipinski definition) is 2. The molecule has 1 heterocycles. The van der Waals surface area contributed by atoms with E-state index in [4.69, 9.17) is 9.47 Å². The number of methoxy groups -OCH3 is 1. The topological polar surface area (TPSA) is 97.0 Å². The molecule has 1 aliphatic rings. The molecule has 0 aliphatic carbocycles. The summed E-state index contributed by atoms with van der Waals surface area (Å²) in [6.45, 7) is 5.55. The lowest BCUT2D eigenvalue weighted by atomic mass is 10.0. The van der Waals surface area contributed by atoms with Crippen molar-refractivity contribution in [1.29, 1.82) is 0 Å². The fourth-order valence-corrected chi connectivity index (χ4v) is 5.44. The van der Waals surface area contributed by atoms with Crippen LogP contribution in [0, 0.1) is 5.92 Å². The second-order valence-corrected chi connectivity index (χ2v) is 11.4. The number of amides is 1. The van der Waals surface area contributed by atoms with Crippen LogP contribution in [0.3, 0.4) is 0 Å². The van der Waals surface area contributed by atoms with Crippen LogP contribution in [0.1, 0.15) is 24.2 Å². The molecule has 202 valence electrons. The molecule has 9 heteroatoms. The molecule has 1 amide bonds. The Morgan fingerprint density at radius 1 is 1.00 bits per heavy atom. The summed E-state index contributed by atoms with van der Waals surface area (Å²) in [5, 5.41) is 3.45. The number of nitrogens with zero attached hydrogens (tertiary/aromatic N) is 1. The Balaban J connectivity index is 1.60. The molecule has 2 N–H and O–H groups in total. The zero-order valence-electron chi connectivity index (χ0n) is 22.2.